The van der Waals surface area contributed by atoms with E-state index in [-0.39, 0.29) is 30.1 Å². The molecule has 0 saturated heterocycles. The number of Topliss-reactive ketones (excluding diaryl/α,β-unsaturated/α-hetero) is 1. The molecular formula is C26H21ClN2O4. The van der Waals surface area contributed by atoms with Gasteiger partial charge in [-0.3, -0.25) is 14.6 Å². The van der Waals surface area contributed by atoms with Crippen molar-refractivity contribution in [3.05, 3.63) is 101 Å². The lowest BCUT2D eigenvalue weighted by Crippen LogP contribution is -2.23. The Hall–Kier alpha value is -3.90. The molecule has 166 valence electrons. The molecule has 0 spiro atoms. The number of benzene rings is 3. The number of hydrogen-bond donors (Lipinski definition) is 0. The van der Waals surface area contributed by atoms with Crippen molar-refractivity contribution in [2.75, 3.05) is 18.7 Å². The van der Waals surface area contributed by atoms with Crippen molar-refractivity contribution >= 4 is 40.3 Å². The third kappa shape index (κ3) is 5.30. The van der Waals surface area contributed by atoms with Gasteiger partial charge in [0.05, 0.1) is 17.7 Å². The monoisotopic (exact) mass is 460 g/mol. The topological polar surface area (TPSA) is 72.1 Å². The fourth-order valence-electron chi connectivity index (χ4n) is 3.35. The van der Waals surface area contributed by atoms with Gasteiger partial charge in [-0.15, -0.1) is 0 Å². The molecule has 0 unspecified atom stereocenters. The van der Waals surface area contributed by atoms with Gasteiger partial charge in [-0.1, -0.05) is 41.9 Å². The molecule has 0 saturated carbocycles. The summed E-state index contributed by atoms with van der Waals surface area (Å²) in [5.74, 6) is 0.615. The van der Waals surface area contributed by atoms with Crippen molar-refractivity contribution < 1.29 is 18.7 Å². The number of carbonyl (C=O) groups excluding carboxylic acids is 2. The van der Waals surface area contributed by atoms with E-state index < -0.39 is 0 Å². The number of ether oxygens (including phenoxy) is 1. The molecular weight excluding hydrogens is 440 g/mol. The van der Waals surface area contributed by atoms with Crippen LogP contribution in [0.4, 0.5) is 5.69 Å². The maximum absolute atomic E-state index is 12.6. The molecule has 7 heteroatoms. The summed E-state index contributed by atoms with van der Waals surface area (Å²) in [4.78, 5) is 24.7. The highest BCUT2D eigenvalue weighted by molar-refractivity contribution is 6.30. The van der Waals surface area contributed by atoms with E-state index in [4.69, 9.17) is 20.8 Å². The van der Waals surface area contributed by atoms with Crippen LogP contribution >= 0.6 is 11.6 Å². The minimum atomic E-state index is -0.224. The SMILES string of the molecule is CN(/N=c1\c(C=O)c(CC(=O)COc2ccccc2)oc2ccccc12)c1ccc(Cl)cc1. The maximum Gasteiger partial charge on any atom is 0.177 e. The standard InChI is InChI=1S/C26H21ClN2O4/c1-29(19-13-11-18(27)12-14-19)28-26-22-9-5-6-10-24(22)33-25(23(26)16-30)15-20(31)17-32-21-7-3-2-4-8-21/h2-14,16H,15,17H2,1H3/b28-26-. The van der Waals surface area contributed by atoms with E-state index in [0.29, 0.717) is 33.4 Å². The Bertz CT molecular complexity index is 1350. The summed E-state index contributed by atoms with van der Waals surface area (Å²) in [7, 11) is 1.77. The summed E-state index contributed by atoms with van der Waals surface area (Å²) in [6.45, 7) is -0.137. The third-order valence-electron chi connectivity index (χ3n) is 5.00. The zero-order valence-corrected chi connectivity index (χ0v) is 18.7. The molecule has 0 atom stereocenters. The highest BCUT2D eigenvalue weighted by atomic mass is 35.5. The van der Waals surface area contributed by atoms with Crippen LogP contribution in [-0.4, -0.2) is 25.7 Å². The first-order chi connectivity index (χ1) is 16.0. The van der Waals surface area contributed by atoms with Gasteiger partial charge in [0.1, 0.15) is 29.1 Å². The number of ketones is 1. The summed E-state index contributed by atoms with van der Waals surface area (Å²) < 4.78 is 11.5. The zero-order valence-electron chi connectivity index (χ0n) is 17.9. The molecule has 0 bridgehead atoms. The van der Waals surface area contributed by atoms with Gasteiger partial charge in [-0.05, 0) is 48.5 Å². The number of para-hydroxylation sites is 2. The van der Waals surface area contributed by atoms with Gasteiger partial charge in [0.25, 0.3) is 0 Å². The number of rotatable bonds is 8. The second kappa shape index (κ2) is 10.1. The summed E-state index contributed by atoms with van der Waals surface area (Å²) in [6.07, 6.45) is 0.573. The molecule has 0 fully saturated rings. The van der Waals surface area contributed by atoms with Crippen LogP contribution in [0, 0.1) is 0 Å². The first-order valence-electron chi connectivity index (χ1n) is 10.3. The largest absolute Gasteiger partial charge is 0.486 e. The van der Waals surface area contributed by atoms with Crippen LogP contribution in [0.1, 0.15) is 16.1 Å². The number of carbonyl (C=O) groups is 2. The normalized spacial score (nSPS) is 11.4. The molecule has 0 N–H and O–H groups in total. The van der Waals surface area contributed by atoms with Crippen molar-refractivity contribution in [1.29, 1.82) is 0 Å². The lowest BCUT2D eigenvalue weighted by Gasteiger charge is -2.14. The van der Waals surface area contributed by atoms with Crippen molar-refractivity contribution in [3.63, 3.8) is 0 Å². The Morgan fingerprint density at radius 3 is 2.45 bits per heavy atom. The number of halogens is 1. The van der Waals surface area contributed by atoms with Gasteiger partial charge in [0.2, 0.25) is 0 Å². The number of anilines is 1. The van der Waals surface area contributed by atoms with E-state index in [2.05, 4.69) is 5.10 Å². The molecule has 0 aliphatic rings. The Balaban J connectivity index is 1.71. The van der Waals surface area contributed by atoms with E-state index in [9.17, 15) is 9.59 Å². The number of hydrogen-bond acceptors (Lipinski definition) is 6. The molecule has 0 radical (unpaired) electrons. The van der Waals surface area contributed by atoms with Crippen molar-refractivity contribution in [1.82, 2.24) is 0 Å². The van der Waals surface area contributed by atoms with Crippen molar-refractivity contribution in [2.45, 2.75) is 6.42 Å². The molecule has 1 aromatic heterocycles. The van der Waals surface area contributed by atoms with Crippen LogP contribution in [0.25, 0.3) is 11.0 Å². The van der Waals surface area contributed by atoms with Crippen LogP contribution in [0.5, 0.6) is 5.75 Å². The van der Waals surface area contributed by atoms with Crippen molar-refractivity contribution in [2.24, 2.45) is 5.10 Å². The fraction of sp³-hybridized carbons (Fsp3) is 0.115. The lowest BCUT2D eigenvalue weighted by atomic mass is 10.1. The minimum absolute atomic E-state index is 0.0983. The van der Waals surface area contributed by atoms with Crippen LogP contribution in [-0.2, 0) is 11.2 Å². The van der Waals surface area contributed by atoms with E-state index in [1.54, 1.807) is 42.4 Å². The minimum Gasteiger partial charge on any atom is -0.486 e. The first-order valence-corrected chi connectivity index (χ1v) is 10.7. The quantitative estimate of drug-likeness (QED) is 0.272. The Labute approximate surface area is 195 Å². The average molecular weight is 461 g/mol. The van der Waals surface area contributed by atoms with Gasteiger partial charge in [-0.25, -0.2) is 0 Å². The number of aldehydes is 1. The maximum atomic E-state index is 12.6. The highest BCUT2D eigenvalue weighted by Gasteiger charge is 2.17. The molecule has 0 amide bonds. The van der Waals surface area contributed by atoms with E-state index >= 15 is 0 Å². The second-order valence-corrected chi connectivity index (χ2v) is 7.76. The average Bonchev–Trinajstić information content (AvgIpc) is 2.84. The Kier molecular flexibility index (Phi) is 6.86. The second-order valence-electron chi connectivity index (χ2n) is 7.32. The molecule has 1 heterocycles. The smallest absolute Gasteiger partial charge is 0.177 e. The van der Waals surface area contributed by atoms with Gasteiger partial charge >= 0.3 is 0 Å². The van der Waals surface area contributed by atoms with Crippen molar-refractivity contribution in [3.8, 4) is 5.75 Å². The number of nitrogens with zero attached hydrogens (tertiary/aromatic N) is 2. The van der Waals surface area contributed by atoms with Gasteiger partial charge in [0, 0.05) is 17.5 Å². The third-order valence-corrected chi connectivity index (χ3v) is 5.25. The summed E-state index contributed by atoms with van der Waals surface area (Å²) in [6, 6.07) is 23.5. The molecule has 3 aromatic carbocycles. The van der Waals surface area contributed by atoms with E-state index in [0.717, 1.165) is 5.69 Å². The van der Waals surface area contributed by atoms with Crippen LogP contribution in [0.3, 0.4) is 0 Å². The number of fused-ring (bicyclic) bond motifs is 1. The Morgan fingerprint density at radius 1 is 1.03 bits per heavy atom. The molecule has 33 heavy (non-hydrogen) atoms. The predicted octanol–water partition coefficient (Wildman–Crippen LogP) is 5.04. The lowest BCUT2D eigenvalue weighted by molar-refractivity contribution is -0.120. The van der Waals surface area contributed by atoms with E-state index in [1.165, 1.54) is 0 Å². The van der Waals surface area contributed by atoms with Gasteiger partial charge in [0.15, 0.2) is 12.1 Å². The van der Waals surface area contributed by atoms with Crippen LogP contribution in [0.2, 0.25) is 5.02 Å². The summed E-state index contributed by atoms with van der Waals surface area (Å²) in [5, 5.41) is 8.03. The summed E-state index contributed by atoms with van der Waals surface area (Å²) in [5.41, 5.74) is 1.54. The fourth-order valence-corrected chi connectivity index (χ4v) is 3.48. The first kappa shape index (κ1) is 22.3. The van der Waals surface area contributed by atoms with Crippen LogP contribution in [0.15, 0.2) is 88.4 Å². The molecule has 0 aliphatic carbocycles. The predicted molar refractivity (Wildman–Crippen MR) is 128 cm³/mol. The van der Waals surface area contributed by atoms with Gasteiger partial charge in [-0.2, -0.15) is 5.10 Å². The summed E-state index contributed by atoms with van der Waals surface area (Å²) >= 11 is 5.99. The van der Waals surface area contributed by atoms with Gasteiger partial charge < -0.3 is 9.15 Å². The van der Waals surface area contributed by atoms with E-state index in [1.807, 2.05) is 48.5 Å². The zero-order chi connectivity index (χ0) is 23.2. The Morgan fingerprint density at radius 2 is 1.73 bits per heavy atom. The van der Waals surface area contributed by atoms with Crippen LogP contribution < -0.4 is 15.1 Å². The molecule has 0 aliphatic heterocycles. The molecule has 4 rings (SSSR count). The highest BCUT2D eigenvalue weighted by Crippen LogP contribution is 2.19. The molecule has 4 aromatic rings. The molecule has 6 nitrogen and oxygen atoms in total.